The molecule has 6 heteroatoms. The topological polar surface area (TPSA) is 77.9 Å². The SMILES string of the molecule is C[C@H](c1ccccc1)N1C[C@@H](C(=O)N2CCC[C@H](C(=O)O)C2)CC1=O. The maximum Gasteiger partial charge on any atom is 0.308 e. The zero-order valence-electron chi connectivity index (χ0n) is 14.4. The predicted octanol–water partition coefficient (Wildman–Crippen LogP) is 1.92. The van der Waals surface area contributed by atoms with Crippen LogP contribution in [0.1, 0.15) is 37.8 Å². The first-order chi connectivity index (χ1) is 12.0. The van der Waals surface area contributed by atoms with Gasteiger partial charge in [0.05, 0.1) is 17.9 Å². The molecule has 2 heterocycles. The molecule has 2 aliphatic heterocycles. The number of likely N-dealkylation sites (tertiary alicyclic amines) is 2. The Morgan fingerprint density at radius 3 is 2.56 bits per heavy atom. The number of hydrogen-bond acceptors (Lipinski definition) is 3. The number of carbonyl (C=O) groups is 3. The lowest BCUT2D eigenvalue weighted by molar-refractivity contribution is -0.146. The second kappa shape index (κ2) is 7.25. The average molecular weight is 344 g/mol. The van der Waals surface area contributed by atoms with Crippen molar-refractivity contribution in [1.82, 2.24) is 9.80 Å². The minimum Gasteiger partial charge on any atom is -0.481 e. The smallest absolute Gasteiger partial charge is 0.308 e. The molecule has 0 spiro atoms. The van der Waals surface area contributed by atoms with Crippen molar-refractivity contribution >= 4 is 17.8 Å². The van der Waals surface area contributed by atoms with E-state index < -0.39 is 11.9 Å². The van der Waals surface area contributed by atoms with Crippen LogP contribution in [-0.4, -0.2) is 52.3 Å². The van der Waals surface area contributed by atoms with Gasteiger partial charge in [-0.2, -0.15) is 0 Å². The minimum absolute atomic E-state index is 0.0125. The molecule has 0 radical (unpaired) electrons. The molecule has 0 aromatic heterocycles. The molecule has 1 aromatic rings. The van der Waals surface area contributed by atoms with Crippen LogP contribution in [0.2, 0.25) is 0 Å². The van der Waals surface area contributed by atoms with E-state index in [1.807, 2.05) is 37.3 Å². The Morgan fingerprint density at radius 2 is 1.88 bits per heavy atom. The molecule has 2 fully saturated rings. The van der Waals surface area contributed by atoms with E-state index in [2.05, 4.69) is 0 Å². The molecule has 0 saturated carbocycles. The molecule has 0 bridgehead atoms. The summed E-state index contributed by atoms with van der Waals surface area (Å²) in [5.41, 5.74) is 1.05. The summed E-state index contributed by atoms with van der Waals surface area (Å²) in [6, 6.07) is 9.71. The molecule has 2 saturated heterocycles. The number of amides is 2. The highest BCUT2D eigenvalue weighted by molar-refractivity contribution is 5.89. The summed E-state index contributed by atoms with van der Waals surface area (Å²) >= 11 is 0. The van der Waals surface area contributed by atoms with Crippen LogP contribution in [0.3, 0.4) is 0 Å². The quantitative estimate of drug-likeness (QED) is 0.905. The summed E-state index contributed by atoms with van der Waals surface area (Å²) in [6.07, 6.45) is 1.53. The number of piperidine rings is 1. The molecule has 0 aliphatic carbocycles. The van der Waals surface area contributed by atoms with E-state index >= 15 is 0 Å². The first-order valence-corrected chi connectivity index (χ1v) is 8.83. The average Bonchev–Trinajstić information content (AvgIpc) is 3.03. The van der Waals surface area contributed by atoms with Gasteiger partial charge in [0.1, 0.15) is 0 Å². The Labute approximate surface area is 147 Å². The molecule has 25 heavy (non-hydrogen) atoms. The van der Waals surface area contributed by atoms with Gasteiger partial charge in [-0.25, -0.2) is 0 Å². The second-order valence-corrected chi connectivity index (χ2v) is 7.00. The summed E-state index contributed by atoms with van der Waals surface area (Å²) in [5, 5.41) is 9.19. The van der Waals surface area contributed by atoms with Gasteiger partial charge in [0.25, 0.3) is 0 Å². The number of carboxylic acids is 1. The molecule has 2 aliphatic rings. The Morgan fingerprint density at radius 1 is 1.16 bits per heavy atom. The Balaban J connectivity index is 1.65. The van der Waals surface area contributed by atoms with Crippen molar-refractivity contribution in [3.8, 4) is 0 Å². The molecular formula is C19H24N2O4. The van der Waals surface area contributed by atoms with E-state index in [0.717, 1.165) is 5.56 Å². The molecule has 134 valence electrons. The lowest BCUT2D eigenvalue weighted by Crippen LogP contribution is -2.45. The largest absolute Gasteiger partial charge is 0.481 e. The van der Waals surface area contributed by atoms with Crippen molar-refractivity contribution in [2.45, 2.75) is 32.2 Å². The van der Waals surface area contributed by atoms with Gasteiger partial charge in [0.15, 0.2) is 0 Å². The van der Waals surface area contributed by atoms with Gasteiger partial charge >= 0.3 is 5.97 Å². The maximum absolute atomic E-state index is 12.8. The van der Waals surface area contributed by atoms with E-state index in [4.69, 9.17) is 0 Å². The highest BCUT2D eigenvalue weighted by atomic mass is 16.4. The van der Waals surface area contributed by atoms with E-state index in [9.17, 15) is 19.5 Å². The standard InChI is InChI=1S/C19H24N2O4/c1-13(14-6-3-2-4-7-14)21-12-16(10-17(21)22)18(23)20-9-5-8-15(11-20)19(24)25/h2-4,6-7,13,15-16H,5,8-12H2,1H3,(H,24,25)/t13-,15+,16+/m1/s1. The number of hydrogen-bond donors (Lipinski definition) is 1. The third kappa shape index (κ3) is 3.67. The number of rotatable bonds is 4. The Hall–Kier alpha value is -2.37. The van der Waals surface area contributed by atoms with Crippen molar-refractivity contribution < 1.29 is 19.5 Å². The number of nitrogens with zero attached hydrogens (tertiary/aromatic N) is 2. The van der Waals surface area contributed by atoms with Crippen molar-refractivity contribution in [1.29, 1.82) is 0 Å². The third-order valence-corrected chi connectivity index (χ3v) is 5.34. The molecule has 1 aromatic carbocycles. The van der Waals surface area contributed by atoms with Crippen LogP contribution in [0, 0.1) is 11.8 Å². The fourth-order valence-corrected chi connectivity index (χ4v) is 3.82. The molecule has 3 atom stereocenters. The lowest BCUT2D eigenvalue weighted by atomic mass is 9.96. The lowest BCUT2D eigenvalue weighted by Gasteiger charge is -2.32. The van der Waals surface area contributed by atoms with Crippen LogP contribution in [0.25, 0.3) is 0 Å². The maximum atomic E-state index is 12.8. The van der Waals surface area contributed by atoms with E-state index in [1.165, 1.54) is 0 Å². The molecule has 2 amide bonds. The number of carboxylic acid groups (broad SMARTS) is 1. The molecular weight excluding hydrogens is 320 g/mol. The fraction of sp³-hybridized carbons (Fsp3) is 0.526. The van der Waals surface area contributed by atoms with Crippen molar-refractivity contribution in [3.63, 3.8) is 0 Å². The first kappa shape index (κ1) is 17.5. The van der Waals surface area contributed by atoms with Crippen LogP contribution in [-0.2, 0) is 14.4 Å². The molecule has 1 N–H and O–H groups in total. The van der Waals surface area contributed by atoms with Gasteiger partial charge in [-0.05, 0) is 25.3 Å². The Bertz CT molecular complexity index is 661. The minimum atomic E-state index is -0.848. The number of benzene rings is 1. The summed E-state index contributed by atoms with van der Waals surface area (Å²) in [4.78, 5) is 39.8. The summed E-state index contributed by atoms with van der Waals surface area (Å²) < 4.78 is 0. The predicted molar refractivity (Wildman–Crippen MR) is 91.6 cm³/mol. The van der Waals surface area contributed by atoms with Crippen LogP contribution >= 0.6 is 0 Å². The van der Waals surface area contributed by atoms with E-state index in [1.54, 1.807) is 9.80 Å². The highest BCUT2D eigenvalue weighted by Crippen LogP contribution is 2.30. The summed E-state index contributed by atoms with van der Waals surface area (Å²) in [5.74, 6) is -1.80. The monoisotopic (exact) mass is 344 g/mol. The number of aliphatic carboxylic acids is 1. The zero-order valence-corrected chi connectivity index (χ0v) is 14.4. The van der Waals surface area contributed by atoms with Gasteiger partial charge < -0.3 is 14.9 Å². The third-order valence-electron chi connectivity index (χ3n) is 5.34. The fourth-order valence-electron chi connectivity index (χ4n) is 3.82. The van der Waals surface area contributed by atoms with Gasteiger partial charge in [-0.15, -0.1) is 0 Å². The van der Waals surface area contributed by atoms with Crippen LogP contribution < -0.4 is 0 Å². The van der Waals surface area contributed by atoms with E-state index in [-0.39, 0.29) is 36.7 Å². The van der Waals surface area contributed by atoms with E-state index in [0.29, 0.717) is 25.9 Å². The highest BCUT2D eigenvalue weighted by Gasteiger charge is 2.40. The summed E-state index contributed by atoms with van der Waals surface area (Å²) in [6.45, 7) is 3.22. The van der Waals surface area contributed by atoms with Crippen LogP contribution in [0.5, 0.6) is 0 Å². The first-order valence-electron chi connectivity index (χ1n) is 8.83. The van der Waals surface area contributed by atoms with Crippen molar-refractivity contribution in [2.24, 2.45) is 11.8 Å². The van der Waals surface area contributed by atoms with Gasteiger partial charge in [0.2, 0.25) is 11.8 Å². The molecule has 0 unspecified atom stereocenters. The van der Waals surface area contributed by atoms with Crippen molar-refractivity contribution in [3.05, 3.63) is 35.9 Å². The van der Waals surface area contributed by atoms with Gasteiger partial charge in [-0.1, -0.05) is 30.3 Å². The Kier molecular flexibility index (Phi) is 5.06. The van der Waals surface area contributed by atoms with Gasteiger partial charge in [-0.3, -0.25) is 14.4 Å². The summed E-state index contributed by atoms with van der Waals surface area (Å²) in [7, 11) is 0. The van der Waals surface area contributed by atoms with Crippen molar-refractivity contribution in [2.75, 3.05) is 19.6 Å². The van der Waals surface area contributed by atoms with Crippen LogP contribution in [0.15, 0.2) is 30.3 Å². The zero-order chi connectivity index (χ0) is 18.0. The van der Waals surface area contributed by atoms with Gasteiger partial charge in [0, 0.05) is 26.1 Å². The second-order valence-electron chi connectivity index (χ2n) is 7.00. The molecule has 6 nitrogen and oxygen atoms in total. The normalized spacial score (nSPS) is 25.1. The number of carbonyl (C=O) groups excluding carboxylic acids is 2. The van der Waals surface area contributed by atoms with Crippen LogP contribution in [0.4, 0.5) is 0 Å². The molecule has 3 rings (SSSR count).